The SMILES string of the molecule is CC(C)(C)Cc1ccnc(-c2ccc3c(c2)c2c4c(cc5c6ccccc6n3c52)oc2ccccc24)c1. The van der Waals surface area contributed by atoms with Crippen LogP contribution in [0, 0.1) is 5.41 Å². The second kappa shape index (κ2) is 7.10. The first-order chi connectivity index (χ1) is 18.0. The van der Waals surface area contributed by atoms with E-state index in [0.29, 0.717) is 0 Å². The normalized spacial score (nSPS) is 12.8. The van der Waals surface area contributed by atoms with Crippen molar-refractivity contribution < 1.29 is 4.42 Å². The molecule has 178 valence electrons. The maximum atomic E-state index is 6.41. The smallest absolute Gasteiger partial charge is 0.136 e. The number of aromatic nitrogens is 2. The Balaban J connectivity index is 1.51. The van der Waals surface area contributed by atoms with Crippen molar-refractivity contribution in [3.63, 3.8) is 0 Å². The lowest BCUT2D eigenvalue weighted by Crippen LogP contribution is -2.09. The van der Waals surface area contributed by atoms with E-state index in [1.807, 2.05) is 12.3 Å². The van der Waals surface area contributed by atoms with Gasteiger partial charge in [0.15, 0.2) is 0 Å². The fraction of sp³-hybridized carbons (Fsp3) is 0.147. The van der Waals surface area contributed by atoms with Crippen molar-refractivity contribution in [1.29, 1.82) is 0 Å². The average molecular weight is 479 g/mol. The first-order valence-corrected chi connectivity index (χ1v) is 12.9. The van der Waals surface area contributed by atoms with Crippen LogP contribution in [0.5, 0.6) is 0 Å². The molecule has 0 aliphatic rings. The van der Waals surface area contributed by atoms with Gasteiger partial charge in [0.2, 0.25) is 0 Å². The molecule has 4 aromatic heterocycles. The first kappa shape index (κ1) is 20.8. The fourth-order valence-corrected chi connectivity index (χ4v) is 6.29. The number of benzene rings is 4. The Morgan fingerprint density at radius 1 is 0.703 bits per heavy atom. The summed E-state index contributed by atoms with van der Waals surface area (Å²) in [6, 6.07) is 30.5. The Hall–Kier alpha value is -4.37. The van der Waals surface area contributed by atoms with Gasteiger partial charge < -0.3 is 8.82 Å². The maximum absolute atomic E-state index is 6.41. The monoisotopic (exact) mass is 478 g/mol. The van der Waals surface area contributed by atoms with Crippen molar-refractivity contribution in [2.24, 2.45) is 5.41 Å². The lowest BCUT2D eigenvalue weighted by atomic mass is 9.88. The summed E-state index contributed by atoms with van der Waals surface area (Å²) in [4.78, 5) is 4.78. The van der Waals surface area contributed by atoms with E-state index in [4.69, 9.17) is 9.40 Å². The molecule has 8 aromatic rings. The number of hydrogen-bond donors (Lipinski definition) is 0. The van der Waals surface area contributed by atoms with Crippen LogP contribution in [-0.2, 0) is 6.42 Å². The van der Waals surface area contributed by atoms with Gasteiger partial charge in [0.25, 0.3) is 0 Å². The van der Waals surface area contributed by atoms with Crippen LogP contribution >= 0.6 is 0 Å². The van der Waals surface area contributed by atoms with Crippen LogP contribution < -0.4 is 0 Å². The fourth-order valence-electron chi connectivity index (χ4n) is 6.29. The number of para-hydroxylation sites is 2. The number of nitrogens with zero attached hydrogens (tertiary/aromatic N) is 2. The Bertz CT molecular complexity index is 2150. The van der Waals surface area contributed by atoms with Gasteiger partial charge in [-0.25, -0.2) is 0 Å². The van der Waals surface area contributed by atoms with Crippen molar-refractivity contribution in [3.05, 3.63) is 96.7 Å². The standard InChI is InChI=1S/C34H26N2O/c1-34(2,3)19-20-14-15-35-26(16-20)21-12-13-28-25(17-21)32-31-23-9-5-7-11-29(23)37-30(31)18-24-22-8-4-6-10-27(22)36(28)33(24)32/h4-18H,19H2,1-3H3. The van der Waals surface area contributed by atoms with Crippen LogP contribution in [0.25, 0.3) is 71.3 Å². The van der Waals surface area contributed by atoms with E-state index < -0.39 is 0 Å². The highest BCUT2D eigenvalue weighted by atomic mass is 16.3. The summed E-state index contributed by atoms with van der Waals surface area (Å²) < 4.78 is 8.85. The topological polar surface area (TPSA) is 30.4 Å². The Kier molecular flexibility index (Phi) is 3.99. The summed E-state index contributed by atoms with van der Waals surface area (Å²) >= 11 is 0. The van der Waals surface area contributed by atoms with E-state index >= 15 is 0 Å². The third-order valence-corrected chi connectivity index (χ3v) is 7.66. The highest BCUT2D eigenvalue weighted by Gasteiger charge is 2.23. The zero-order valence-electron chi connectivity index (χ0n) is 21.2. The zero-order valence-corrected chi connectivity index (χ0v) is 21.2. The summed E-state index contributed by atoms with van der Waals surface area (Å²) in [6.45, 7) is 6.84. The van der Waals surface area contributed by atoms with Gasteiger partial charge in [0.1, 0.15) is 11.2 Å². The van der Waals surface area contributed by atoms with Gasteiger partial charge in [0.05, 0.1) is 22.2 Å². The largest absolute Gasteiger partial charge is 0.456 e. The van der Waals surface area contributed by atoms with E-state index in [1.165, 1.54) is 49.0 Å². The summed E-state index contributed by atoms with van der Waals surface area (Å²) in [5, 5.41) is 7.35. The molecule has 8 rings (SSSR count). The number of rotatable bonds is 2. The molecule has 0 amide bonds. The molecule has 4 aromatic carbocycles. The Morgan fingerprint density at radius 3 is 2.35 bits per heavy atom. The van der Waals surface area contributed by atoms with E-state index in [2.05, 4.69) is 104 Å². The molecule has 0 spiro atoms. The first-order valence-electron chi connectivity index (χ1n) is 12.9. The van der Waals surface area contributed by atoms with Crippen molar-refractivity contribution in [2.75, 3.05) is 0 Å². The molecule has 0 radical (unpaired) electrons. The van der Waals surface area contributed by atoms with Gasteiger partial charge >= 0.3 is 0 Å². The van der Waals surface area contributed by atoms with Crippen LogP contribution in [0.3, 0.4) is 0 Å². The summed E-state index contributed by atoms with van der Waals surface area (Å²) in [7, 11) is 0. The van der Waals surface area contributed by atoms with Crippen LogP contribution in [0.4, 0.5) is 0 Å². The van der Waals surface area contributed by atoms with Crippen molar-refractivity contribution >= 4 is 60.0 Å². The Morgan fingerprint density at radius 2 is 1.49 bits per heavy atom. The van der Waals surface area contributed by atoms with E-state index in [0.717, 1.165) is 34.2 Å². The van der Waals surface area contributed by atoms with Gasteiger partial charge in [-0.1, -0.05) is 63.2 Å². The van der Waals surface area contributed by atoms with Crippen molar-refractivity contribution in [3.8, 4) is 11.3 Å². The summed E-state index contributed by atoms with van der Waals surface area (Å²) in [5.41, 5.74) is 9.29. The number of furan rings is 1. The van der Waals surface area contributed by atoms with Crippen LogP contribution in [-0.4, -0.2) is 9.38 Å². The minimum absolute atomic E-state index is 0.227. The number of hydrogen-bond acceptors (Lipinski definition) is 2. The molecule has 0 fully saturated rings. The quantitative estimate of drug-likeness (QED) is 0.248. The van der Waals surface area contributed by atoms with Gasteiger partial charge in [-0.2, -0.15) is 0 Å². The molecule has 4 heterocycles. The molecule has 0 N–H and O–H groups in total. The molecule has 0 aliphatic heterocycles. The van der Waals surface area contributed by atoms with E-state index in [-0.39, 0.29) is 5.41 Å². The van der Waals surface area contributed by atoms with Crippen LogP contribution in [0.2, 0.25) is 0 Å². The van der Waals surface area contributed by atoms with Crippen LogP contribution in [0.15, 0.2) is 95.5 Å². The zero-order chi connectivity index (χ0) is 24.9. The highest BCUT2D eigenvalue weighted by Crippen LogP contribution is 2.46. The van der Waals surface area contributed by atoms with E-state index in [9.17, 15) is 0 Å². The van der Waals surface area contributed by atoms with E-state index in [1.54, 1.807) is 0 Å². The third-order valence-electron chi connectivity index (χ3n) is 7.66. The van der Waals surface area contributed by atoms with Gasteiger partial charge in [0, 0.05) is 44.1 Å². The van der Waals surface area contributed by atoms with Crippen molar-refractivity contribution in [2.45, 2.75) is 27.2 Å². The minimum Gasteiger partial charge on any atom is -0.456 e. The molecule has 3 heteroatoms. The third kappa shape index (κ3) is 2.91. The second-order valence-corrected chi connectivity index (χ2v) is 11.5. The number of pyridine rings is 1. The second-order valence-electron chi connectivity index (χ2n) is 11.5. The molecule has 0 atom stereocenters. The van der Waals surface area contributed by atoms with Crippen molar-refractivity contribution in [1.82, 2.24) is 9.38 Å². The van der Waals surface area contributed by atoms with Gasteiger partial charge in [-0.15, -0.1) is 0 Å². The summed E-state index contributed by atoms with van der Waals surface area (Å²) in [5.74, 6) is 0. The average Bonchev–Trinajstić information content (AvgIpc) is 3.53. The maximum Gasteiger partial charge on any atom is 0.136 e. The molecule has 37 heavy (non-hydrogen) atoms. The minimum atomic E-state index is 0.227. The number of fused-ring (bicyclic) bond motifs is 10. The molecule has 0 saturated heterocycles. The summed E-state index contributed by atoms with van der Waals surface area (Å²) in [6.07, 6.45) is 2.97. The van der Waals surface area contributed by atoms with Crippen LogP contribution in [0.1, 0.15) is 26.3 Å². The molecule has 3 nitrogen and oxygen atoms in total. The molecular weight excluding hydrogens is 452 g/mol. The molecular formula is C34H26N2O. The van der Waals surface area contributed by atoms with Gasteiger partial charge in [-0.05, 0) is 59.9 Å². The highest BCUT2D eigenvalue weighted by molar-refractivity contribution is 6.34. The lowest BCUT2D eigenvalue weighted by Gasteiger charge is -2.18. The predicted octanol–water partition coefficient (Wildman–Crippen LogP) is 9.39. The lowest BCUT2D eigenvalue weighted by molar-refractivity contribution is 0.411. The molecule has 0 aliphatic carbocycles. The molecule has 0 unspecified atom stereocenters. The van der Waals surface area contributed by atoms with Gasteiger partial charge in [-0.3, -0.25) is 4.98 Å². The predicted molar refractivity (Wildman–Crippen MR) is 155 cm³/mol. The molecule has 0 saturated carbocycles. The Labute approximate surface area is 214 Å². The molecule has 0 bridgehead atoms.